The summed E-state index contributed by atoms with van der Waals surface area (Å²) in [6.45, 7) is 1.42. The quantitative estimate of drug-likeness (QED) is 0.791. The lowest BCUT2D eigenvalue weighted by molar-refractivity contribution is 0.0660. The Balaban J connectivity index is 2.13. The molecule has 0 aliphatic carbocycles. The van der Waals surface area contributed by atoms with E-state index in [1.807, 2.05) is 0 Å². The summed E-state index contributed by atoms with van der Waals surface area (Å²) in [5.74, 6) is -1.61. The number of carboxylic acids is 1. The molecule has 0 aliphatic rings. The topological polar surface area (TPSA) is 130 Å². The number of carboxylic acid groups (broad SMARTS) is 1. The van der Waals surface area contributed by atoms with Crippen LogP contribution in [0.5, 0.6) is 0 Å². The molecule has 2 rings (SSSR count). The summed E-state index contributed by atoms with van der Waals surface area (Å²) in [6.07, 6.45) is 0. The maximum absolute atomic E-state index is 12.2. The van der Waals surface area contributed by atoms with Crippen molar-refractivity contribution in [3.8, 4) is 0 Å². The molecule has 0 aromatic carbocycles. The molecule has 0 radical (unpaired) electrons. The van der Waals surface area contributed by atoms with Crippen molar-refractivity contribution in [1.82, 2.24) is 9.62 Å². The molecule has 0 bridgehead atoms. The van der Waals surface area contributed by atoms with E-state index in [1.54, 1.807) is 0 Å². The molecular formula is C14H16N2O7S. The van der Waals surface area contributed by atoms with Crippen molar-refractivity contribution in [2.24, 2.45) is 0 Å². The zero-order chi connectivity index (χ0) is 18.1. The van der Waals surface area contributed by atoms with Gasteiger partial charge in [0, 0.05) is 20.2 Å². The normalized spacial score (nSPS) is 11.7. The third kappa shape index (κ3) is 3.49. The molecule has 2 aromatic heterocycles. The number of carbonyl (C=O) groups excluding carboxylic acids is 1. The summed E-state index contributed by atoms with van der Waals surface area (Å²) in [6, 6.07) is 3.84. The molecule has 0 saturated carbocycles. The third-order valence-electron chi connectivity index (χ3n) is 3.17. The largest absolute Gasteiger partial charge is 0.475 e. The van der Waals surface area contributed by atoms with Gasteiger partial charge in [-0.15, -0.1) is 0 Å². The zero-order valence-corrected chi connectivity index (χ0v) is 14.0. The van der Waals surface area contributed by atoms with E-state index < -0.39 is 21.9 Å². The minimum Gasteiger partial charge on any atom is -0.475 e. The summed E-state index contributed by atoms with van der Waals surface area (Å²) in [7, 11) is -1.08. The number of aryl methyl sites for hydroxylation is 1. The van der Waals surface area contributed by atoms with Gasteiger partial charge >= 0.3 is 5.97 Å². The van der Waals surface area contributed by atoms with E-state index in [0.717, 1.165) is 10.4 Å². The molecule has 1 amide bonds. The lowest BCUT2D eigenvalue weighted by Gasteiger charge is -2.07. The van der Waals surface area contributed by atoms with Crippen molar-refractivity contribution in [2.45, 2.75) is 18.6 Å². The Kier molecular flexibility index (Phi) is 4.81. The van der Waals surface area contributed by atoms with Crippen LogP contribution in [0, 0.1) is 6.92 Å². The second-order valence-electron chi connectivity index (χ2n) is 5.08. The summed E-state index contributed by atoms with van der Waals surface area (Å²) in [4.78, 5) is 22.9. The van der Waals surface area contributed by atoms with Gasteiger partial charge in [0.05, 0.1) is 12.1 Å². The van der Waals surface area contributed by atoms with Crippen LogP contribution in [0.1, 0.15) is 32.4 Å². The number of amides is 1. The number of furan rings is 2. The number of nitrogens with zero attached hydrogens (tertiary/aromatic N) is 1. The van der Waals surface area contributed by atoms with Gasteiger partial charge in [0.1, 0.15) is 11.5 Å². The predicted octanol–water partition coefficient (Wildman–Crippen LogP) is 1.06. The molecule has 0 spiro atoms. The zero-order valence-electron chi connectivity index (χ0n) is 13.2. The highest BCUT2D eigenvalue weighted by Gasteiger charge is 2.25. The van der Waals surface area contributed by atoms with Crippen molar-refractivity contribution in [3.63, 3.8) is 0 Å². The maximum atomic E-state index is 12.2. The molecule has 0 saturated heterocycles. The Labute approximate surface area is 137 Å². The summed E-state index contributed by atoms with van der Waals surface area (Å²) in [5.41, 5.74) is 0.0699. The van der Waals surface area contributed by atoms with Gasteiger partial charge in [-0.1, -0.05) is 0 Å². The number of aromatic carboxylic acids is 1. The molecule has 130 valence electrons. The van der Waals surface area contributed by atoms with Gasteiger partial charge in [-0.05, 0) is 19.1 Å². The van der Waals surface area contributed by atoms with Crippen LogP contribution in [0.3, 0.4) is 0 Å². The van der Waals surface area contributed by atoms with E-state index in [4.69, 9.17) is 13.9 Å². The predicted molar refractivity (Wildman–Crippen MR) is 81.2 cm³/mol. The lowest BCUT2D eigenvalue weighted by atomic mass is 10.2. The van der Waals surface area contributed by atoms with Crippen molar-refractivity contribution >= 4 is 21.9 Å². The van der Waals surface area contributed by atoms with Gasteiger partial charge in [0.25, 0.3) is 15.9 Å². The van der Waals surface area contributed by atoms with Crippen LogP contribution < -0.4 is 5.32 Å². The van der Waals surface area contributed by atoms with Gasteiger partial charge in [-0.2, -0.15) is 0 Å². The van der Waals surface area contributed by atoms with E-state index in [0.29, 0.717) is 0 Å². The summed E-state index contributed by atoms with van der Waals surface area (Å²) >= 11 is 0. The first-order valence-corrected chi connectivity index (χ1v) is 8.20. The molecular weight excluding hydrogens is 340 g/mol. The highest BCUT2D eigenvalue weighted by Crippen LogP contribution is 2.21. The molecule has 2 N–H and O–H groups in total. The van der Waals surface area contributed by atoms with E-state index in [9.17, 15) is 18.0 Å². The molecule has 0 atom stereocenters. The van der Waals surface area contributed by atoms with Crippen LogP contribution in [-0.2, 0) is 16.6 Å². The van der Waals surface area contributed by atoms with Crippen LogP contribution in [0.25, 0.3) is 0 Å². The minimum atomic E-state index is -3.78. The van der Waals surface area contributed by atoms with E-state index in [-0.39, 0.29) is 34.5 Å². The van der Waals surface area contributed by atoms with Crippen molar-refractivity contribution in [1.29, 1.82) is 0 Å². The minimum absolute atomic E-state index is 0.0491. The molecule has 2 heterocycles. The molecule has 10 heteroatoms. The van der Waals surface area contributed by atoms with Crippen LogP contribution in [0.4, 0.5) is 0 Å². The number of sulfonamides is 1. The van der Waals surface area contributed by atoms with E-state index >= 15 is 0 Å². The Hall–Kier alpha value is -2.59. The summed E-state index contributed by atoms with van der Waals surface area (Å²) < 4.78 is 35.1. The molecule has 0 aliphatic heterocycles. The Morgan fingerprint density at radius 1 is 1.25 bits per heavy atom. The van der Waals surface area contributed by atoms with E-state index in [2.05, 4.69) is 5.32 Å². The Morgan fingerprint density at radius 3 is 2.46 bits per heavy atom. The van der Waals surface area contributed by atoms with Crippen LogP contribution in [0.2, 0.25) is 0 Å². The first-order chi connectivity index (χ1) is 11.1. The van der Waals surface area contributed by atoms with Crippen LogP contribution in [0.15, 0.2) is 32.1 Å². The molecule has 2 aromatic rings. The van der Waals surface area contributed by atoms with Crippen molar-refractivity contribution in [2.75, 3.05) is 14.1 Å². The fourth-order valence-corrected chi connectivity index (χ4v) is 2.69. The second-order valence-corrected chi connectivity index (χ2v) is 7.16. The fraction of sp³-hybridized carbons (Fsp3) is 0.286. The fourth-order valence-electron chi connectivity index (χ4n) is 1.84. The number of hydrogen-bond acceptors (Lipinski definition) is 6. The number of hydrogen-bond donors (Lipinski definition) is 2. The summed E-state index contributed by atoms with van der Waals surface area (Å²) in [5, 5.41) is 10.9. The first kappa shape index (κ1) is 17.8. The molecule has 0 unspecified atom stereocenters. The Morgan fingerprint density at radius 2 is 1.92 bits per heavy atom. The molecule has 0 fully saturated rings. The average Bonchev–Trinajstić information content (AvgIpc) is 3.11. The average molecular weight is 356 g/mol. The van der Waals surface area contributed by atoms with Crippen LogP contribution in [-0.4, -0.2) is 43.8 Å². The Bertz CT molecular complexity index is 877. The molecule has 24 heavy (non-hydrogen) atoms. The van der Waals surface area contributed by atoms with Gasteiger partial charge in [-0.3, -0.25) is 4.79 Å². The van der Waals surface area contributed by atoms with Gasteiger partial charge < -0.3 is 19.3 Å². The van der Waals surface area contributed by atoms with E-state index in [1.165, 1.54) is 33.2 Å². The smallest absolute Gasteiger partial charge is 0.371 e. The van der Waals surface area contributed by atoms with Gasteiger partial charge in [0.2, 0.25) is 10.9 Å². The highest BCUT2D eigenvalue weighted by molar-refractivity contribution is 7.88. The number of carbonyl (C=O) groups is 2. The monoisotopic (exact) mass is 356 g/mol. The maximum Gasteiger partial charge on any atom is 0.371 e. The van der Waals surface area contributed by atoms with Crippen molar-refractivity contribution < 1.29 is 31.9 Å². The second kappa shape index (κ2) is 6.49. The standard InChI is InChI=1S/C14H16N2O7S/c1-8-10(6-12(22-8)24(20,21)16(2)3)13(17)15-7-9-4-5-11(23-9)14(18)19/h4-6H,7H2,1-3H3,(H,15,17)(H,18,19). The van der Waals surface area contributed by atoms with Crippen molar-refractivity contribution in [3.05, 3.63) is 41.0 Å². The van der Waals surface area contributed by atoms with Gasteiger partial charge in [-0.25, -0.2) is 17.5 Å². The lowest BCUT2D eigenvalue weighted by Crippen LogP contribution is -2.23. The van der Waals surface area contributed by atoms with Crippen LogP contribution >= 0.6 is 0 Å². The highest BCUT2D eigenvalue weighted by atomic mass is 32.2. The van der Waals surface area contributed by atoms with Gasteiger partial charge in [0.15, 0.2) is 0 Å². The third-order valence-corrected chi connectivity index (χ3v) is 4.84. The SMILES string of the molecule is Cc1oc(S(=O)(=O)N(C)C)cc1C(=O)NCc1ccc(C(=O)O)o1. The molecule has 9 nitrogen and oxygen atoms in total. The first-order valence-electron chi connectivity index (χ1n) is 6.76. The number of rotatable bonds is 6. The number of nitrogens with one attached hydrogen (secondary N) is 1.